The number of hydrogen-bond donors (Lipinski definition) is 1. The van der Waals surface area contributed by atoms with E-state index in [0.29, 0.717) is 13.1 Å². The number of nitrogens with zero attached hydrogens (tertiary/aromatic N) is 5. The number of ether oxygens (including phenoxy) is 4. The summed E-state index contributed by atoms with van der Waals surface area (Å²) in [5, 5.41) is 3.18. The van der Waals surface area contributed by atoms with Gasteiger partial charge in [0, 0.05) is 102 Å². The van der Waals surface area contributed by atoms with E-state index < -0.39 is 5.60 Å². The van der Waals surface area contributed by atoms with E-state index in [1.54, 1.807) is 4.90 Å². The molecule has 0 atom stereocenters. The smallest absolute Gasteiger partial charge is 0.410 e. The van der Waals surface area contributed by atoms with Crippen molar-refractivity contribution < 1.29 is 33.3 Å². The van der Waals surface area contributed by atoms with Crippen molar-refractivity contribution in [1.82, 2.24) is 20.0 Å². The first-order chi connectivity index (χ1) is 26.1. The minimum atomic E-state index is -0.441. The average molecular weight is 767 g/mol. The predicted octanol–water partition coefficient (Wildman–Crippen LogP) is 5.36. The molecule has 4 fully saturated rings. The highest BCUT2D eigenvalue weighted by Gasteiger charge is 2.27. The third-order valence-corrected chi connectivity index (χ3v) is 9.44. The number of piperazine rings is 2. The topological polar surface area (TPSA) is 116 Å². The van der Waals surface area contributed by atoms with Crippen molar-refractivity contribution in [3.63, 3.8) is 0 Å². The van der Waals surface area contributed by atoms with Gasteiger partial charge in [-0.25, -0.2) is 9.59 Å². The average Bonchev–Trinajstić information content (AvgIpc) is 3.16. The number of rotatable bonds is 5. The van der Waals surface area contributed by atoms with E-state index in [-0.39, 0.29) is 17.8 Å². The first-order valence-corrected chi connectivity index (χ1v) is 19.8. The van der Waals surface area contributed by atoms with Crippen LogP contribution in [0.5, 0.6) is 0 Å². The van der Waals surface area contributed by atoms with Gasteiger partial charge in [-0.3, -0.25) is 9.69 Å². The van der Waals surface area contributed by atoms with Crippen molar-refractivity contribution >= 4 is 29.8 Å². The zero-order chi connectivity index (χ0) is 40.0. The van der Waals surface area contributed by atoms with Crippen molar-refractivity contribution in [2.24, 2.45) is 0 Å². The van der Waals surface area contributed by atoms with Crippen LogP contribution in [0, 0.1) is 13.8 Å². The molecule has 4 aliphatic rings. The summed E-state index contributed by atoms with van der Waals surface area (Å²) in [7, 11) is 0. The number of amides is 2. The predicted molar refractivity (Wildman–Crippen MR) is 218 cm³/mol. The first-order valence-electron chi connectivity index (χ1n) is 19.8. The molecule has 2 aromatic rings. The molecule has 4 aliphatic heterocycles. The van der Waals surface area contributed by atoms with Crippen molar-refractivity contribution in [1.29, 1.82) is 0 Å². The van der Waals surface area contributed by atoms with E-state index in [1.807, 2.05) is 65.5 Å². The van der Waals surface area contributed by atoms with Gasteiger partial charge in [-0.1, -0.05) is 18.2 Å². The van der Waals surface area contributed by atoms with E-state index in [0.717, 1.165) is 116 Å². The van der Waals surface area contributed by atoms with E-state index >= 15 is 0 Å². The number of aryl methyl sites for hydroxylation is 2. The second-order valence-corrected chi connectivity index (χ2v) is 16.5. The maximum atomic E-state index is 12.2. The molecular weight excluding hydrogens is 700 g/mol. The van der Waals surface area contributed by atoms with Gasteiger partial charge >= 0.3 is 12.2 Å². The Labute approximate surface area is 329 Å². The lowest BCUT2D eigenvalue weighted by molar-refractivity contribution is 0.0138. The lowest BCUT2D eigenvalue weighted by Crippen LogP contribution is -2.49. The van der Waals surface area contributed by atoms with Gasteiger partial charge in [-0.05, 0) is 90.3 Å². The van der Waals surface area contributed by atoms with Crippen LogP contribution in [0.2, 0.25) is 0 Å². The van der Waals surface area contributed by atoms with Crippen molar-refractivity contribution in [3.8, 4) is 0 Å². The number of benzene rings is 2. The molecule has 0 aliphatic carbocycles. The number of aldehydes is 1. The van der Waals surface area contributed by atoms with Crippen molar-refractivity contribution in [2.45, 2.75) is 73.1 Å². The standard InChI is InChI=1S/C21H33N3O3.C12H15NO2.C9H18N2O2/c1-17-5-6-18(19(15-17)23-11-13-26-14-12-23)16-22-7-9-24(10-8-22)20(25)27-21(2,3)4;1-10-2-3-11(9-14)12(8-10)13-4-6-15-7-5-13;1-9(2,3)13-8(12)11-6-4-10-5-7-11/h5-6,15H,7-14,16H2,1-4H3;2-3,8-9H,4-7H2,1H3;10H,4-7H2,1-3H3. The van der Waals surface area contributed by atoms with E-state index in [9.17, 15) is 14.4 Å². The molecule has 2 amide bonds. The van der Waals surface area contributed by atoms with Crippen LogP contribution in [-0.2, 0) is 25.5 Å². The molecule has 13 heteroatoms. The summed E-state index contributed by atoms with van der Waals surface area (Å²) >= 11 is 0. The molecule has 4 saturated heterocycles. The Hall–Kier alpha value is -3.91. The Balaban J connectivity index is 0.000000202. The number of nitrogens with one attached hydrogen (secondary N) is 1. The molecule has 0 unspecified atom stereocenters. The molecular formula is C42H66N6O7. The minimum Gasteiger partial charge on any atom is -0.444 e. The van der Waals surface area contributed by atoms with Crippen LogP contribution in [0.1, 0.15) is 68.6 Å². The minimum absolute atomic E-state index is 0.200. The summed E-state index contributed by atoms with van der Waals surface area (Å²) < 4.78 is 21.5. The van der Waals surface area contributed by atoms with E-state index in [1.165, 1.54) is 22.4 Å². The molecule has 2 aromatic carbocycles. The van der Waals surface area contributed by atoms with Crippen LogP contribution < -0.4 is 15.1 Å². The van der Waals surface area contributed by atoms with Gasteiger partial charge in [0.2, 0.25) is 0 Å². The molecule has 306 valence electrons. The summed E-state index contributed by atoms with van der Waals surface area (Å²) in [5.74, 6) is 0. The highest BCUT2D eigenvalue weighted by atomic mass is 16.6. The summed E-state index contributed by atoms with van der Waals surface area (Å²) in [5.41, 5.74) is 6.12. The van der Waals surface area contributed by atoms with E-state index in [2.05, 4.69) is 51.2 Å². The number of morpholine rings is 2. The highest BCUT2D eigenvalue weighted by Crippen LogP contribution is 2.26. The Bertz CT molecular complexity index is 1520. The molecule has 55 heavy (non-hydrogen) atoms. The molecule has 4 heterocycles. The maximum absolute atomic E-state index is 12.2. The summed E-state index contributed by atoms with van der Waals surface area (Å²) in [6.07, 6.45) is 0.519. The Morgan fingerprint density at radius 3 is 1.60 bits per heavy atom. The normalized spacial score (nSPS) is 18.3. The second-order valence-electron chi connectivity index (χ2n) is 16.5. The lowest BCUT2D eigenvalue weighted by atomic mass is 10.1. The van der Waals surface area contributed by atoms with Gasteiger partial charge in [0.1, 0.15) is 11.2 Å². The monoisotopic (exact) mass is 766 g/mol. The third kappa shape index (κ3) is 14.9. The van der Waals surface area contributed by atoms with E-state index in [4.69, 9.17) is 18.9 Å². The van der Waals surface area contributed by atoms with Gasteiger partial charge in [-0.2, -0.15) is 0 Å². The third-order valence-electron chi connectivity index (χ3n) is 9.44. The molecule has 13 nitrogen and oxygen atoms in total. The van der Waals surface area contributed by atoms with Gasteiger partial charge in [0.15, 0.2) is 6.29 Å². The molecule has 0 saturated carbocycles. The van der Waals surface area contributed by atoms with Gasteiger partial charge in [0.05, 0.1) is 26.4 Å². The van der Waals surface area contributed by atoms with Crippen molar-refractivity contribution in [2.75, 3.05) is 115 Å². The Morgan fingerprint density at radius 1 is 0.655 bits per heavy atom. The summed E-state index contributed by atoms with van der Waals surface area (Å²) in [4.78, 5) is 45.3. The zero-order valence-corrected chi connectivity index (χ0v) is 34.7. The maximum Gasteiger partial charge on any atom is 0.410 e. The van der Waals surface area contributed by atoms with Crippen LogP contribution >= 0.6 is 0 Å². The zero-order valence-electron chi connectivity index (χ0n) is 34.7. The largest absolute Gasteiger partial charge is 0.444 e. The number of hydrogen-bond acceptors (Lipinski definition) is 11. The van der Waals surface area contributed by atoms with Crippen LogP contribution in [-0.4, -0.2) is 149 Å². The molecule has 6 rings (SSSR count). The fourth-order valence-electron chi connectivity index (χ4n) is 6.57. The summed E-state index contributed by atoms with van der Waals surface area (Å²) in [6.45, 7) is 29.6. The molecule has 0 radical (unpaired) electrons. The van der Waals surface area contributed by atoms with Crippen LogP contribution in [0.15, 0.2) is 36.4 Å². The Kier molecular flexibility index (Phi) is 16.6. The number of carbonyl (C=O) groups is 3. The molecule has 0 bridgehead atoms. The Morgan fingerprint density at radius 2 is 1.11 bits per heavy atom. The fourth-order valence-corrected chi connectivity index (χ4v) is 6.57. The van der Waals surface area contributed by atoms with Crippen LogP contribution in [0.3, 0.4) is 0 Å². The lowest BCUT2D eigenvalue weighted by Gasteiger charge is -2.37. The van der Waals surface area contributed by atoms with Gasteiger partial charge in [-0.15, -0.1) is 0 Å². The van der Waals surface area contributed by atoms with Gasteiger partial charge < -0.3 is 43.9 Å². The molecule has 0 spiro atoms. The van der Waals surface area contributed by atoms with Gasteiger partial charge in [0.25, 0.3) is 0 Å². The summed E-state index contributed by atoms with van der Waals surface area (Å²) in [6, 6.07) is 12.6. The SMILES string of the molecule is CC(C)(C)OC(=O)N1CCNCC1.Cc1ccc(C=O)c(N2CCOCC2)c1.Cc1ccc(CN2CCN(C(=O)OC(C)(C)C)CC2)c(N2CCOCC2)c1. The highest BCUT2D eigenvalue weighted by molar-refractivity contribution is 5.85. The molecule has 0 aromatic heterocycles. The second kappa shape index (κ2) is 20.8. The number of anilines is 2. The van der Waals surface area contributed by atoms with Crippen molar-refractivity contribution in [3.05, 3.63) is 58.7 Å². The van der Waals surface area contributed by atoms with Crippen LogP contribution in [0.25, 0.3) is 0 Å². The number of carbonyl (C=O) groups excluding carboxylic acids is 3. The molecule has 1 N–H and O–H groups in total. The van der Waals surface area contributed by atoms with Crippen LogP contribution in [0.4, 0.5) is 21.0 Å². The first kappa shape index (κ1) is 43.8. The fraction of sp³-hybridized carbons (Fsp3) is 0.643. The quantitative estimate of drug-likeness (QED) is 0.397.